The van der Waals surface area contributed by atoms with E-state index in [4.69, 9.17) is 0 Å². The monoisotopic (exact) mass is 412 g/mol. The zero-order valence-corrected chi connectivity index (χ0v) is 15.5. The van der Waals surface area contributed by atoms with Crippen molar-refractivity contribution in [1.82, 2.24) is 0 Å². The van der Waals surface area contributed by atoms with Gasteiger partial charge in [0.15, 0.2) is 0 Å². The molecule has 0 atom stereocenters. The van der Waals surface area contributed by atoms with Crippen molar-refractivity contribution in [3.63, 3.8) is 0 Å². The minimum absolute atomic E-state index is 0.152. The fourth-order valence-electron chi connectivity index (χ4n) is 2.56. The Morgan fingerprint density at radius 2 is 1.71 bits per heavy atom. The van der Waals surface area contributed by atoms with E-state index >= 15 is 0 Å². The van der Waals surface area contributed by atoms with Crippen LogP contribution in [0, 0.1) is 19.7 Å². The number of aryl methyl sites for hydroxylation is 2. The molecular weight excluding hydrogens is 395 g/mol. The average molecular weight is 414 g/mol. The molecule has 0 aliphatic heterocycles. The summed E-state index contributed by atoms with van der Waals surface area (Å²) in [5, 5.41) is 1.56. The third kappa shape index (κ3) is 3.75. The second kappa shape index (κ2) is 7.06. The van der Waals surface area contributed by atoms with Crippen molar-refractivity contribution in [2.75, 3.05) is 10.7 Å². The largest absolute Gasteiger partial charge is 0.207 e. The Morgan fingerprint density at radius 1 is 1.00 bits per heavy atom. The van der Waals surface area contributed by atoms with Gasteiger partial charge in [-0.2, -0.15) is 0 Å². The molecule has 112 valence electrons. The summed E-state index contributed by atoms with van der Waals surface area (Å²) < 4.78 is 13.6. The van der Waals surface area contributed by atoms with Gasteiger partial charge in [0.1, 0.15) is 5.82 Å². The zero-order chi connectivity index (χ0) is 15.5. The Balaban J connectivity index is 2.45. The van der Waals surface area contributed by atoms with Crippen LogP contribution in [-0.4, -0.2) is 10.7 Å². The zero-order valence-electron chi connectivity index (χ0n) is 12.3. The predicted molar refractivity (Wildman–Crippen MR) is 95.3 cm³/mol. The molecule has 2 aromatic carbocycles. The van der Waals surface area contributed by atoms with Crippen LogP contribution in [0.2, 0.25) is 0 Å². The Bertz CT molecular complexity index is 618. The van der Waals surface area contributed by atoms with Gasteiger partial charge in [-0.15, -0.1) is 0 Å². The van der Waals surface area contributed by atoms with Gasteiger partial charge < -0.3 is 0 Å². The molecule has 3 heteroatoms. The van der Waals surface area contributed by atoms with E-state index in [1.165, 1.54) is 22.8 Å². The number of hydrogen-bond acceptors (Lipinski definition) is 0. The molecule has 0 bridgehead atoms. The average Bonchev–Trinajstić information content (AvgIpc) is 2.48. The molecule has 0 aliphatic carbocycles. The Labute approximate surface area is 143 Å². The summed E-state index contributed by atoms with van der Waals surface area (Å²) in [4.78, 5) is 0. The van der Waals surface area contributed by atoms with Crippen LogP contribution in [-0.2, 0) is 11.8 Å². The fourth-order valence-corrected chi connectivity index (χ4v) is 4.53. The fraction of sp³-hybridized carbons (Fsp3) is 0.333. The van der Waals surface area contributed by atoms with Crippen LogP contribution in [0.4, 0.5) is 4.39 Å². The SMILES string of the molecule is Cc1ccc(C)c(CC(CBr)(CBr)c2cccc(F)c2)c1. The van der Waals surface area contributed by atoms with E-state index in [0.717, 1.165) is 22.6 Å². The maximum absolute atomic E-state index is 13.6. The lowest BCUT2D eigenvalue weighted by molar-refractivity contribution is 0.540. The maximum atomic E-state index is 13.6. The smallest absolute Gasteiger partial charge is 0.123 e. The summed E-state index contributed by atoms with van der Waals surface area (Å²) >= 11 is 7.29. The molecule has 21 heavy (non-hydrogen) atoms. The van der Waals surface area contributed by atoms with E-state index in [-0.39, 0.29) is 11.2 Å². The molecular formula is C18H19Br2F. The molecule has 0 unspecified atom stereocenters. The summed E-state index contributed by atoms with van der Waals surface area (Å²) in [6.45, 7) is 4.24. The quantitative estimate of drug-likeness (QED) is 0.550. The van der Waals surface area contributed by atoms with Crippen molar-refractivity contribution in [2.45, 2.75) is 25.7 Å². The van der Waals surface area contributed by atoms with Gasteiger partial charge in [0, 0.05) is 16.1 Å². The second-order valence-electron chi connectivity index (χ2n) is 5.66. The molecule has 0 fully saturated rings. The lowest BCUT2D eigenvalue weighted by atomic mass is 9.78. The Hall–Kier alpha value is -0.670. The van der Waals surface area contributed by atoms with Gasteiger partial charge >= 0.3 is 0 Å². The van der Waals surface area contributed by atoms with Crippen molar-refractivity contribution in [3.05, 3.63) is 70.5 Å². The van der Waals surface area contributed by atoms with Crippen molar-refractivity contribution in [1.29, 1.82) is 0 Å². The first-order valence-electron chi connectivity index (χ1n) is 6.95. The second-order valence-corrected chi connectivity index (χ2v) is 6.79. The Kier molecular flexibility index (Phi) is 5.61. The van der Waals surface area contributed by atoms with Crippen LogP contribution >= 0.6 is 31.9 Å². The molecule has 0 heterocycles. The molecule has 0 spiro atoms. The van der Waals surface area contributed by atoms with Gasteiger partial charge in [-0.25, -0.2) is 4.39 Å². The van der Waals surface area contributed by atoms with Crippen LogP contribution < -0.4 is 0 Å². The maximum Gasteiger partial charge on any atom is 0.123 e. The van der Waals surface area contributed by atoms with Crippen molar-refractivity contribution >= 4 is 31.9 Å². The van der Waals surface area contributed by atoms with Gasteiger partial charge in [0.05, 0.1) is 0 Å². The highest BCUT2D eigenvalue weighted by atomic mass is 79.9. The van der Waals surface area contributed by atoms with E-state index in [9.17, 15) is 4.39 Å². The van der Waals surface area contributed by atoms with E-state index in [2.05, 4.69) is 63.9 Å². The van der Waals surface area contributed by atoms with Crippen LogP contribution in [0.1, 0.15) is 22.3 Å². The van der Waals surface area contributed by atoms with Gasteiger partial charge in [-0.1, -0.05) is 67.8 Å². The standard InChI is InChI=1S/C18H19Br2F/c1-13-6-7-14(2)15(8-13)10-18(11-19,12-20)16-4-3-5-17(21)9-16/h3-9H,10-12H2,1-2H3. The number of alkyl halides is 2. The highest BCUT2D eigenvalue weighted by Crippen LogP contribution is 2.34. The summed E-state index contributed by atoms with van der Waals surface area (Å²) in [5.41, 5.74) is 4.73. The lowest BCUT2D eigenvalue weighted by Crippen LogP contribution is -2.33. The third-order valence-corrected chi connectivity index (χ3v) is 6.13. The molecule has 0 radical (unpaired) electrons. The molecule has 0 saturated carbocycles. The summed E-state index contributed by atoms with van der Waals surface area (Å²) in [7, 11) is 0. The van der Waals surface area contributed by atoms with Crippen LogP contribution in [0.25, 0.3) is 0 Å². The van der Waals surface area contributed by atoms with Crippen LogP contribution in [0.15, 0.2) is 42.5 Å². The molecule has 0 saturated heterocycles. The van der Waals surface area contributed by atoms with E-state index < -0.39 is 0 Å². The van der Waals surface area contributed by atoms with E-state index in [1.54, 1.807) is 12.1 Å². The first-order valence-corrected chi connectivity index (χ1v) is 9.19. The minimum Gasteiger partial charge on any atom is -0.207 e. The highest BCUT2D eigenvalue weighted by Gasteiger charge is 2.31. The topological polar surface area (TPSA) is 0 Å². The number of rotatable bonds is 5. The molecule has 0 nitrogen and oxygen atoms in total. The predicted octanol–water partition coefficient (Wildman–Crippen LogP) is 5.71. The molecule has 2 aromatic rings. The summed E-state index contributed by atoms with van der Waals surface area (Å²) in [6.07, 6.45) is 0.875. The number of halogens is 3. The van der Waals surface area contributed by atoms with Gasteiger partial charge in [-0.05, 0) is 49.1 Å². The van der Waals surface area contributed by atoms with Gasteiger partial charge in [0.25, 0.3) is 0 Å². The molecule has 2 rings (SSSR count). The summed E-state index contributed by atoms with van der Waals surface area (Å²) in [6, 6.07) is 13.5. The lowest BCUT2D eigenvalue weighted by Gasteiger charge is -2.31. The first kappa shape index (κ1) is 16.7. The van der Waals surface area contributed by atoms with Crippen LogP contribution in [0.5, 0.6) is 0 Å². The van der Waals surface area contributed by atoms with Gasteiger partial charge in [-0.3, -0.25) is 0 Å². The number of benzene rings is 2. The first-order chi connectivity index (χ1) is 10.0. The normalized spacial score (nSPS) is 11.7. The third-order valence-electron chi connectivity index (χ3n) is 3.98. The van der Waals surface area contributed by atoms with Crippen molar-refractivity contribution in [2.24, 2.45) is 0 Å². The molecule has 0 N–H and O–H groups in total. The minimum atomic E-state index is -0.181. The summed E-state index contributed by atoms with van der Waals surface area (Å²) in [5.74, 6) is -0.181. The van der Waals surface area contributed by atoms with E-state index in [0.29, 0.717) is 0 Å². The van der Waals surface area contributed by atoms with Crippen LogP contribution in [0.3, 0.4) is 0 Å². The van der Waals surface area contributed by atoms with Crippen molar-refractivity contribution < 1.29 is 4.39 Å². The Morgan fingerprint density at radius 3 is 2.33 bits per heavy atom. The van der Waals surface area contributed by atoms with Gasteiger partial charge in [0.2, 0.25) is 0 Å². The molecule has 0 amide bonds. The highest BCUT2D eigenvalue weighted by molar-refractivity contribution is 9.09. The van der Waals surface area contributed by atoms with E-state index in [1.807, 2.05) is 6.07 Å². The number of hydrogen-bond donors (Lipinski definition) is 0. The molecule has 0 aromatic heterocycles. The molecule has 0 aliphatic rings. The van der Waals surface area contributed by atoms with Crippen molar-refractivity contribution in [3.8, 4) is 0 Å².